The number of pyridine rings is 1. The molecule has 2 heterocycles. The van der Waals surface area contributed by atoms with E-state index in [4.69, 9.17) is 14.0 Å². The summed E-state index contributed by atoms with van der Waals surface area (Å²) in [6.07, 6.45) is 9.96. The van der Waals surface area contributed by atoms with E-state index in [-0.39, 0.29) is 11.2 Å². The summed E-state index contributed by atoms with van der Waals surface area (Å²) in [5.41, 5.74) is 0.192. The summed E-state index contributed by atoms with van der Waals surface area (Å²) in [5, 5.41) is 0. The molecule has 120 valence electrons. The SMILES string of the molecule is CC1(C)OB(c2cnccc2OC2CCCCC2)OC1(C)C. The third-order valence-corrected chi connectivity index (χ3v) is 5.16. The maximum Gasteiger partial charge on any atom is 0.500 e. The highest BCUT2D eigenvalue weighted by Crippen LogP contribution is 2.37. The normalized spacial score (nSPS) is 24.5. The van der Waals surface area contributed by atoms with Crippen LogP contribution in [0.25, 0.3) is 0 Å². The van der Waals surface area contributed by atoms with Gasteiger partial charge in [-0.3, -0.25) is 4.98 Å². The molecule has 1 aromatic rings. The summed E-state index contributed by atoms with van der Waals surface area (Å²) in [7, 11) is -0.419. The first-order valence-corrected chi connectivity index (χ1v) is 8.35. The molecule has 0 spiro atoms. The van der Waals surface area contributed by atoms with E-state index in [0.717, 1.165) is 24.1 Å². The zero-order chi connectivity index (χ0) is 15.8. The molecule has 5 heteroatoms. The summed E-state index contributed by atoms with van der Waals surface area (Å²) in [6.45, 7) is 8.24. The topological polar surface area (TPSA) is 40.6 Å². The van der Waals surface area contributed by atoms with Crippen LogP contribution in [0.15, 0.2) is 18.5 Å². The van der Waals surface area contributed by atoms with E-state index in [1.54, 1.807) is 12.4 Å². The van der Waals surface area contributed by atoms with Gasteiger partial charge in [0.05, 0.1) is 17.3 Å². The Morgan fingerprint density at radius 3 is 2.36 bits per heavy atom. The molecule has 1 saturated carbocycles. The number of hydrogen-bond acceptors (Lipinski definition) is 4. The lowest BCUT2D eigenvalue weighted by molar-refractivity contribution is 0.00578. The maximum absolute atomic E-state index is 6.24. The molecule has 1 saturated heterocycles. The van der Waals surface area contributed by atoms with Gasteiger partial charge in [-0.05, 0) is 59.4 Å². The molecule has 0 radical (unpaired) electrons. The number of aromatic nitrogens is 1. The van der Waals surface area contributed by atoms with Crippen LogP contribution >= 0.6 is 0 Å². The lowest BCUT2D eigenvalue weighted by Gasteiger charge is -2.32. The molecule has 4 nitrogen and oxygen atoms in total. The Morgan fingerprint density at radius 2 is 1.73 bits per heavy atom. The molecule has 1 aliphatic carbocycles. The van der Waals surface area contributed by atoms with E-state index in [2.05, 4.69) is 32.7 Å². The Kier molecular flexibility index (Phi) is 4.21. The van der Waals surface area contributed by atoms with Crippen molar-refractivity contribution in [2.45, 2.75) is 77.1 Å². The second-order valence-electron chi connectivity index (χ2n) is 7.38. The Hall–Kier alpha value is -1.07. The molecular weight excluding hydrogens is 277 g/mol. The van der Waals surface area contributed by atoms with Crippen molar-refractivity contribution in [3.63, 3.8) is 0 Å². The molecule has 2 aliphatic rings. The van der Waals surface area contributed by atoms with Gasteiger partial charge in [-0.1, -0.05) is 6.42 Å². The van der Waals surface area contributed by atoms with E-state index in [0.29, 0.717) is 6.10 Å². The lowest BCUT2D eigenvalue weighted by Crippen LogP contribution is -2.41. The molecule has 0 amide bonds. The standard InChI is InChI=1S/C17H26BNO3/c1-16(2)17(3,4)22-18(21-16)14-12-19-11-10-15(14)20-13-8-6-5-7-9-13/h10-13H,5-9H2,1-4H3. The monoisotopic (exact) mass is 303 g/mol. The molecule has 1 aromatic heterocycles. The highest BCUT2D eigenvalue weighted by molar-refractivity contribution is 6.63. The molecule has 0 bridgehead atoms. The van der Waals surface area contributed by atoms with Crippen molar-refractivity contribution in [2.24, 2.45) is 0 Å². The largest absolute Gasteiger partial charge is 0.500 e. The molecule has 22 heavy (non-hydrogen) atoms. The van der Waals surface area contributed by atoms with E-state index >= 15 is 0 Å². The number of rotatable bonds is 3. The van der Waals surface area contributed by atoms with Crippen molar-refractivity contribution < 1.29 is 14.0 Å². The van der Waals surface area contributed by atoms with Crippen molar-refractivity contribution >= 4 is 12.6 Å². The number of nitrogens with zero attached hydrogens (tertiary/aromatic N) is 1. The molecule has 2 fully saturated rings. The molecule has 1 aliphatic heterocycles. The van der Waals surface area contributed by atoms with Gasteiger partial charge < -0.3 is 14.0 Å². The van der Waals surface area contributed by atoms with E-state index < -0.39 is 7.12 Å². The summed E-state index contributed by atoms with van der Waals surface area (Å²) in [6, 6.07) is 1.93. The Morgan fingerprint density at radius 1 is 1.09 bits per heavy atom. The quantitative estimate of drug-likeness (QED) is 0.805. The van der Waals surface area contributed by atoms with E-state index in [1.165, 1.54) is 19.3 Å². The first-order valence-electron chi connectivity index (χ1n) is 8.35. The molecular formula is C17H26BNO3. The van der Waals surface area contributed by atoms with Gasteiger partial charge in [-0.15, -0.1) is 0 Å². The minimum Gasteiger partial charge on any atom is -0.491 e. The molecule has 0 atom stereocenters. The van der Waals surface area contributed by atoms with E-state index in [1.807, 2.05) is 6.07 Å². The van der Waals surface area contributed by atoms with Crippen LogP contribution in [0.2, 0.25) is 0 Å². The third-order valence-electron chi connectivity index (χ3n) is 5.16. The second-order valence-corrected chi connectivity index (χ2v) is 7.38. The van der Waals surface area contributed by atoms with Crippen LogP contribution in [0.4, 0.5) is 0 Å². The zero-order valence-electron chi connectivity index (χ0n) is 14.1. The van der Waals surface area contributed by atoms with Crippen LogP contribution in [0.5, 0.6) is 5.75 Å². The average Bonchev–Trinajstić information content (AvgIpc) is 2.69. The van der Waals surface area contributed by atoms with Crippen LogP contribution in [0.1, 0.15) is 59.8 Å². The van der Waals surface area contributed by atoms with Gasteiger partial charge in [0.2, 0.25) is 0 Å². The van der Waals surface area contributed by atoms with Gasteiger partial charge >= 0.3 is 7.12 Å². The number of ether oxygens (including phenoxy) is 1. The van der Waals surface area contributed by atoms with Crippen LogP contribution in [0, 0.1) is 0 Å². The first kappa shape index (κ1) is 15.8. The highest BCUT2D eigenvalue weighted by atomic mass is 16.7. The van der Waals surface area contributed by atoms with Crippen LogP contribution < -0.4 is 10.2 Å². The second kappa shape index (κ2) is 5.86. The van der Waals surface area contributed by atoms with Crippen molar-refractivity contribution in [1.82, 2.24) is 4.98 Å². The molecule has 0 N–H and O–H groups in total. The smallest absolute Gasteiger partial charge is 0.491 e. The van der Waals surface area contributed by atoms with Crippen molar-refractivity contribution in [2.75, 3.05) is 0 Å². The fourth-order valence-electron chi connectivity index (χ4n) is 3.01. The summed E-state index contributed by atoms with van der Waals surface area (Å²) >= 11 is 0. The van der Waals surface area contributed by atoms with Gasteiger partial charge in [0.1, 0.15) is 5.75 Å². The Labute approximate surface area is 133 Å². The van der Waals surface area contributed by atoms with Crippen LogP contribution in [0.3, 0.4) is 0 Å². The molecule has 0 aromatic carbocycles. The Balaban J connectivity index is 1.80. The summed E-state index contributed by atoms with van der Waals surface area (Å²) in [5.74, 6) is 0.848. The fraction of sp³-hybridized carbons (Fsp3) is 0.706. The first-order chi connectivity index (χ1) is 10.4. The van der Waals surface area contributed by atoms with Gasteiger partial charge in [0, 0.05) is 17.9 Å². The zero-order valence-corrected chi connectivity index (χ0v) is 14.1. The minimum absolute atomic E-state index is 0.303. The van der Waals surface area contributed by atoms with Crippen molar-refractivity contribution in [3.05, 3.63) is 18.5 Å². The van der Waals surface area contributed by atoms with Crippen molar-refractivity contribution in [1.29, 1.82) is 0 Å². The van der Waals surface area contributed by atoms with Gasteiger partial charge in [-0.25, -0.2) is 0 Å². The third kappa shape index (κ3) is 3.02. The van der Waals surface area contributed by atoms with Crippen LogP contribution in [-0.2, 0) is 9.31 Å². The van der Waals surface area contributed by atoms with Crippen LogP contribution in [-0.4, -0.2) is 29.4 Å². The maximum atomic E-state index is 6.24. The van der Waals surface area contributed by atoms with Gasteiger partial charge in [-0.2, -0.15) is 0 Å². The highest BCUT2D eigenvalue weighted by Gasteiger charge is 2.52. The predicted octanol–water partition coefficient (Wildman–Crippen LogP) is 3.09. The average molecular weight is 303 g/mol. The lowest BCUT2D eigenvalue weighted by atomic mass is 9.79. The summed E-state index contributed by atoms with van der Waals surface area (Å²) < 4.78 is 18.5. The fourth-order valence-corrected chi connectivity index (χ4v) is 3.01. The van der Waals surface area contributed by atoms with Gasteiger partial charge in [0.25, 0.3) is 0 Å². The Bertz CT molecular complexity index is 510. The van der Waals surface area contributed by atoms with E-state index in [9.17, 15) is 0 Å². The summed E-state index contributed by atoms with van der Waals surface area (Å²) in [4.78, 5) is 4.24. The van der Waals surface area contributed by atoms with Crippen molar-refractivity contribution in [3.8, 4) is 5.75 Å². The minimum atomic E-state index is -0.419. The predicted molar refractivity (Wildman–Crippen MR) is 87.5 cm³/mol. The number of hydrogen-bond donors (Lipinski definition) is 0. The van der Waals surface area contributed by atoms with Gasteiger partial charge in [0.15, 0.2) is 0 Å². The molecule has 3 rings (SSSR count). The molecule has 0 unspecified atom stereocenters.